The van der Waals surface area contributed by atoms with Crippen LogP contribution in [-0.2, 0) is 16.0 Å². The first kappa shape index (κ1) is 23.7. The number of aliphatic carboxylic acids is 2. The molecule has 0 radical (unpaired) electrons. The maximum absolute atomic E-state index is 9.60. The van der Waals surface area contributed by atoms with Crippen LogP contribution < -0.4 is 4.74 Å². The number of carboxylic acid groups (broad SMARTS) is 2. The molecule has 0 atom stereocenters. The van der Waals surface area contributed by atoms with Crippen LogP contribution in [-0.4, -0.2) is 28.8 Å². The number of hydrogen-bond acceptors (Lipinski definition) is 3. The van der Waals surface area contributed by atoms with Gasteiger partial charge < -0.3 is 14.9 Å². The highest BCUT2D eigenvalue weighted by molar-refractivity contribution is 5.85. The SMILES string of the molecule is C=C(C)C(=O)O.C=C(C)C(=O)O.CCCOc1cccc2c1Cc1ccccc1-2. The summed E-state index contributed by atoms with van der Waals surface area (Å²) >= 11 is 0. The van der Waals surface area contributed by atoms with E-state index in [9.17, 15) is 9.59 Å². The van der Waals surface area contributed by atoms with Crippen molar-refractivity contribution in [2.75, 3.05) is 6.61 Å². The molecule has 5 heteroatoms. The average molecular weight is 396 g/mol. The van der Waals surface area contributed by atoms with Gasteiger partial charge in [0.25, 0.3) is 0 Å². The van der Waals surface area contributed by atoms with Gasteiger partial charge in [0.1, 0.15) is 5.75 Å². The topological polar surface area (TPSA) is 83.8 Å². The molecule has 2 N–H and O–H groups in total. The quantitative estimate of drug-likeness (QED) is 0.569. The van der Waals surface area contributed by atoms with Crippen LogP contribution in [0.4, 0.5) is 0 Å². The molecule has 0 fully saturated rings. The summed E-state index contributed by atoms with van der Waals surface area (Å²) in [6, 6.07) is 15.0. The number of rotatable bonds is 5. The van der Waals surface area contributed by atoms with Gasteiger partial charge in [0.05, 0.1) is 6.61 Å². The first-order chi connectivity index (χ1) is 13.7. The minimum absolute atomic E-state index is 0.176. The Morgan fingerprint density at radius 1 is 0.931 bits per heavy atom. The van der Waals surface area contributed by atoms with E-state index in [4.69, 9.17) is 14.9 Å². The molecule has 29 heavy (non-hydrogen) atoms. The zero-order valence-electron chi connectivity index (χ0n) is 17.2. The van der Waals surface area contributed by atoms with Gasteiger partial charge in [-0.1, -0.05) is 56.5 Å². The summed E-state index contributed by atoms with van der Waals surface area (Å²) in [4.78, 5) is 19.2. The zero-order valence-corrected chi connectivity index (χ0v) is 17.2. The van der Waals surface area contributed by atoms with Gasteiger partial charge in [-0.3, -0.25) is 0 Å². The zero-order chi connectivity index (χ0) is 22.0. The van der Waals surface area contributed by atoms with Crippen molar-refractivity contribution >= 4 is 11.9 Å². The molecule has 0 spiro atoms. The van der Waals surface area contributed by atoms with Crippen molar-refractivity contribution in [2.45, 2.75) is 33.6 Å². The van der Waals surface area contributed by atoms with Gasteiger partial charge in [-0.05, 0) is 43.0 Å². The molecule has 0 heterocycles. The number of carbonyl (C=O) groups is 2. The average Bonchev–Trinajstić information content (AvgIpc) is 3.06. The van der Waals surface area contributed by atoms with E-state index < -0.39 is 11.9 Å². The molecular weight excluding hydrogens is 368 g/mol. The van der Waals surface area contributed by atoms with Gasteiger partial charge in [0.2, 0.25) is 0 Å². The second kappa shape index (κ2) is 11.5. The minimum Gasteiger partial charge on any atom is -0.493 e. The van der Waals surface area contributed by atoms with E-state index in [2.05, 4.69) is 62.5 Å². The van der Waals surface area contributed by atoms with E-state index in [0.717, 1.165) is 25.2 Å². The predicted molar refractivity (Wildman–Crippen MR) is 115 cm³/mol. The Morgan fingerprint density at radius 2 is 1.45 bits per heavy atom. The summed E-state index contributed by atoms with van der Waals surface area (Å²) in [5.74, 6) is -0.814. The number of fused-ring (bicyclic) bond motifs is 3. The Bertz CT molecular complexity index is 848. The van der Waals surface area contributed by atoms with E-state index in [1.807, 2.05) is 0 Å². The van der Waals surface area contributed by atoms with Gasteiger partial charge in [-0.15, -0.1) is 0 Å². The Labute approximate surface area is 172 Å². The maximum Gasteiger partial charge on any atom is 0.330 e. The Balaban J connectivity index is 0.000000293. The molecule has 0 aliphatic heterocycles. The maximum atomic E-state index is 9.60. The molecule has 5 nitrogen and oxygen atoms in total. The largest absolute Gasteiger partial charge is 0.493 e. The normalized spacial score (nSPS) is 10.2. The van der Waals surface area contributed by atoms with Crippen LogP contribution in [0.15, 0.2) is 66.8 Å². The fourth-order valence-electron chi connectivity index (χ4n) is 2.48. The van der Waals surface area contributed by atoms with Gasteiger partial charge >= 0.3 is 11.9 Å². The Morgan fingerprint density at radius 3 is 1.97 bits per heavy atom. The summed E-state index contributed by atoms with van der Waals surface area (Å²) in [6.45, 7) is 12.1. The lowest BCUT2D eigenvalue weighted by Crippen LogP contribution is -1.98. The van der Waals surface area contributed by atoms with Crippen molar-refractivity contribution in [3.8, 4) is 16.9 Å². The molecule has 0 unspecified atom stereocenters. The number of hydrogen-bond donors (Lipinski definition) is 2. The number of carboxylic acids is 2. The molecule has 1 aliphatic rings. The van der Waals surface area contributed by atoms with Crippen LogP contribution in [0.5, 0.6) is 5.75 Å². The van der Waals surface area contributed by atoms with Crippen molar-refractivity contribution < 1.29 is 24.5 Å². The molecular formula is C24H28O5. The molecule has 2 aromatic rings. The Hall–Kier alpha value is -3.34. The van der Waals surface area contributed by atoms with Crippen molar-refractivity contribution in [2.24, 2.45) is 0 Å². The highest BCUT2D eigenvalue weighted by Gasteiger charge is 2.20. The summed E-state index contributed by atoms with van der Waals surface area (Å²) in [6.07, 6.45) is 2.06. The third-order valence-electron chi connectivity index (χ3n) is 4.00. The highest BCUT2D eigenvalue weighted by atomic mass is 16.5. The van der Waals surface area contributed by atoms with Crippen LogP contribution >= 0.6 is 0 Å². The van der Waals surface area contributed by atoms with E-state index in [0.29, 0.717) is 0 Å². The van der Waals surface area contributed by atoms with Crippen LogP contribution in [0.1, 0.15) is 38.3 Å². The van der Waals surface area contributed by atoms with Crippen LogP contribution in [0, 0.1) is 0 Å². The molecule has 0 saturated heterocycles. The van der Waals surface area contributed by atoms with Crippen molar-refractivity contribution in [3.05, 3.63) is 77.9 Å². The third kappa shape index (κ3) is 7.30. The summed E-state index contributed by atoms with van der Waals surface area (Å²) in [5, 5.41) is 15.8. The van der Waals surface area contributed by atoms with E-state index >= 15 is 0 Å². The molecule has 154 valence electrons. The first-order valence-corrected chi connectivity index (χ1v) is 9.29. The van der Waals surface area contributed by atoms with Crippen LogP contribution in [0.3, 0.4) is 0 Å². The summed E-state index contributed by atoms with van der Waals surface area (Å²) < 4.78 is 5.83. The smallest absolute Gasteiger partial charge is 0.330 e. The van der Waals surface area contributed by atoms with Crippen molar-refractivity contribution in [3.63, 3.8) is 0 Å². The van der Waals surface area contributed by atoms with Gasteiger partial charge in [-0.2, -0.15) is 0 Å². The van der Waals surface area contributed by atoms with Crippen molar-refractivity contribution in [1.29, 1.82) is 0 Å². The fourth-order valence-corrected chi connectivity index (χ4v) is 2.48. The van der Waals surface area contributed by atoms with Crippen LogP contribution in [0.25, 0.3) is 11.1 Å². The lowest BCUT2D eigenvalue weighted by molar-refractivity contribution is -0.133. The lowest BCUT2D eigenvalue weighted by Gasteiger charge is -2.09. The second-order valence-corrected chi connectivity index (χ2v) is 6.64. The molecule has 0 saturated carbocycles. The molecule has 3 rings (SSSR count). The third-order valence-corrected chi connectivity index (χ3v) is 4.00. The highest BCUT2D eigenvalue weighted by Crippen LogP contribution is 2.40. The number of ether oxygens (including phenoxy) is 1. The molecule has 1 aliphatic carbocycles. The van der Waals surface area contributed by atoms with Crippen molar-refractivity contribution in [1.82, 2.24) is 0 Å². The van der Waals surface area contributed by atoms with Gasteiger partial charge in [0.15, 0.2) is 0 Å². The Kier molecular flexibility index (Phi) is 9.39. The molecule has 0 aromatic heterocycles. The first-order valence-electron chi connectivity index (χ1n) is 9.29. The second-order valence-electron chi connectivity index (χ2n) is 6.64. The fraction of sp³-hybridized carbons (Fsp3) is 0.250. The minimum atomic E-state index is -0.935. The summed E-state index contributed by atoms with van der Waals surface area (Å²) in [7, 11) is 0. The molecule has 0 amide bonds. The van der Waals surface area contributed by atoms with E-state index in [1.54, 1.807) is 0 Å². The monoisotopic (exact) mass is 396 g/mol. The predicted octanol–water partition coefficient (Wildman–Crippen LogP) is 5.34. The van der Waals surface area contributed by atoms with Gasteiger partial charge in [0, 0.05) is 23.1 Å². The molecule has 2 aromatic carbocycles. The van der Waals surface area contributed by atoms with Gasteiger partial charge in [-0.25, -0.2) is 9.59 Å². The summed E-state index contributed by atoms with van der Waals surface area (Å²) in [5.41, 5.74) is 5.82. The van der Waals surface area contributed by atoms with Crippen LogP contribution in [0.2, 0.25) is 0 Å². The van der Waals surface area contributed by atoms with E-state index in [-0.39, 0.29) is 11.1 Å². The van der Waals surface area contributed by atoms with E-state index in [1.165, 1.54) is 36.1 Å². The number of benzene rings is 2. The molecule has 0 bridgehead atoms. The lowest BCUT2D eigenvalue weighted by atomic mass is 10.1. The standard InChI is InChI=1S/C16H16O.2C4H6O2/c1-2-10-17-16-9-5-8-14-13-7-4-3-6-12(13)11-15(14)16;2*1-3(2)4(5)6/h3-9H,2,10-11H2,1H3;2*1H2,2H3,(H,5,6).